The van der Waals surface area contributed by atoms with E-state index in [1.807, 2.05) is 24.3 Å². The quantitative estimate of drug-likeness (QED) is 0.840. The van der Waals surface area contributed by atoms with E-state index >= 15 is 0 Å². The Morgan fingerprint density at radius 3 is 2.20 bits per heavy atom. The summed E-state index contributed by atoms with van der Waals surface area (Å²) in [6.07, 6.45) is 0. The van der Waals surface area contributed by atoms with E-state index in [2.05, 4.69) is 5.32 Å². The van der Waals surface area contributed by atoms with E-state index in [9.17, 15) is 13.2 Å². The first-order valence-corrected chi connectivity index (χ1v) is 6.06. The second-order valence-corrected chi connectivity index (χ2v) is 4.31. The maximum atomic E-state index is 13.1. The highest BCUT2D eigenvalue weighted by Gasteiger charge is 2.10. The number of methoxy groups -OCH3 is 1. The van der Waals surface area contributed by atoms with Gasteiger partial charge in [-0.15, -0.1) is 0 Å². The zero-order valence-corrected chi connectivity index (χ0v) is 10.9. The SMILES string of the molecule is COCc1ccccc1CNc1cc(F)c(F)c(F)c1. The topological polar surface area (TPSA) is 21.3 Å². The summed E-state index contributed by atoms with van der Waals surface area (Å²) in [5.74, 6) is -3.88. The Bertz CT molecular complexity index is 578. The maximum Gasteiger partial charge on any atom is 0.194 e. The molecule has 5 heteroatoms. The van der Waals surface area contributed by atoms with Gasteiger partial charge in [-0.25, -0.2) is 13.2 Å². The van der Waals surface area contributed by atoms with Crippen LogP contribution in [0, 0.1) is 17.5 Å². The summed E-state index contributed by atoms with van der Waals surface area (Å²) in [7, 11) is 1.59. The lowest BCUT2D eigenvalue weighted by Gasteiger charge is -2.11. The number of anilines is 1. The number of rotatable bonds is 5. The van der Waals surface area contributed by atoms with Gasteiger partial charge in [0.25, 0.3) is 0 Å². The number of hydrogen-bond donors (Lipinski definition) is 1. The second-order valence-electron chi connectivity index (χ2n) is 4.31. The molecule has 0 aliphatic rings. The fourth-order valence-electron chi connectivity index (χ4n) is 1.88. The van der Waals surface area contributed by atoms with Crippen molar-refractivity contribution in [3.05, 3.63) is 65.0 Å². The predicted molar refractivity (Wildman–Crippen MR) is 70.8 cm³/mol. The molecule has 0 radical (unpaired) electrons. The molecular formula is C15H14F3NO. The zero-order valence-electron chi connectivity index (χ0n) is 10.9. The Hall–Kier alpha value is -2.01. The first-order chi connectivity index (χ1) is 9.61. The fourth-order valence-corrected chi connectivity index (χ4v) is 1.88. The van der Waals surface area contributed by atoms with Crippen molar-refractivity contribution in [3.63, 3.8) is 0 Å². The molecule has 106 valence electrons. The van der Waals surface area contributed by atoms with Crippen LogP contribution in [0.2, 0.25) is 0 Å². The smallest absolute Gasteiger partial charge is 0.194 e. The van der Waals surface area contributed by atoms with E-state index in [1.165, 1.54) is 0 Å². The van der Waals surface area contributed by atoms with Crippen molar-refractivity contribution in [2.24, 2.45) is 0 Å². The van der Waals surface area contributed by atoms with Gasteiger partial charge in [-0.1, -0.05) is 24.3 Å². The predicted octanol–water partition coefficient (Wildman–Crippen LogP) is 3.86. The zero-order chi connectivity index (χ0) is 14.5. The van der Waals surface area contributed by atoms with Gasteiger partial charge in [-0.05, 0) is 11.1 Å². The lowest BCUT2D eigenvalue weighted by molar-refractivity contribution is 0.184. The van der Waals surface area contributed by atoms with Crippen molar-refractivity contribution < 1.29 is 17.9 Å². The van der Waals surface area contributed by atoms with Gasteiger partial charge in [0.1, 0.15) is 0 Å². The average molecular weight is 281 g/mol. The van der Waals surface area contributed by atoms with Crippen LogP contribution in [0.25, 0.3) is 0 Å². The van der Waals surface area contributed by atoms with Crippen LogP contribution in [-0.2, 0) is 17.9 Å². The molecule has 0 atom stereocenters. The fraction of sp³-hybridized carbons (Fsp3) is 0.200. The van der Waals surface area contributed by atoms with E-state index in [1.54, 1.807) is 7.11 Å². The van der Waals surface area contributed by atoms with E-state index in [0.717, 1.165) is 23.3 Å². The number of ether oxygens (including phenoxy) is 1. The van der Waals surface area contributed by atoms with Crippen LogP contribution >= 0.6 is 0 Å². The van der Waals surface area contributed by atoms with Gasteiger partial charge in [0.15, 0.2) is 17.5 Å². The van der Waals surface area contributed by atoms with E-state index in [4.69, 9.17) is 4.74 Å². The number of benzene rings is 2. The minimum Gasteiger partial charge on any atom is -0.381 e. The van der Waals surface area contributed by atoms with Crippen LogP contribution in [0.4, 0.5) is 18.9 Å². The number of halogens is 3. The van der Waals surface area contributed by atoms with Crippen LogP contribution in [0.5, 0.6) is 0 Å². The molecule has 1 N–H and O–H groups in total. The molecule has 0 fully saturated rings. The number of hydrogen-bond acceptors (Lipinski definition) is 2. The highest BCUT2D eigenvalue weighted by Crippen LogP contribution is 2.19. The summed E-state index contributed by atoms with van der Waals surface area (Å²) < 4.78 is 44.1. The van der Waals surface area contributed by atoms with Crippen LogP contribution in [-0.4, -0.2) is 7.11 Å². The molecule has 20 heavy (non-hydrogen) atoms. The van der Waals surface area contributed by atoms with E-state index in [0.29, 0.717) is 13.2 Å². The molecule has 0 aromatic heterocycles. The summed E-state index contributed by atoms with van der Waals surface area (Å²) in [5, 5.41) is 2.87. The molecule has 0 unspecified atom stereocenters. The van der Waals surface area contributed by atoms with Gasteiger partial charge < -0.3 is 10.1 Å². The van der Waals surface area contributed by atoms with Crippen LogP contribution in [0.15, 0.2) is 36.4 Å². The van der Waals surface area contributed by atoms with E-state index < -0.39 is 17.5 Å². The molecule has 0 amide bonds. The minimum atomic E-state index is -1.46. The molecule has 0 spiro atoms. The van der Waals surface area contributed by atoms with E-state index in [-0.39, 0.29) is 5.69 Å². The molecule has 2 nitrogen and oxygen atoms in total. The Kier molecular flexibility index (Phi) is 4.63. The molecular weight excluding hydrogens is 267 g/mol. The normalized spacial score (nSPS) is 10.6. The van der Waals surface area contributed by atoms with Crippen molar-refractivity contribution in [1.82, 2.24) is 0 Å². The third-order valence-corrected chi connectivity index (χ3v) is 2.89. The lowest BCUT2D eigenvalue weighted by atomic mass is 10.1. The van der Waals surface area contributed by atoms with Gasteiger partial charge in [0, 0.05) is 31.5 Å². The Morgan fingerprint density at radius 2 is 1.60 bits per heavy atom. The summed E-state index contributed by atoms with van der Waals surface area (Å²) in [5.41, 5.74) is 2.11. The second kappa shape index (κ2) is 6.43. The first kappa shape index (κ1) is 14.4. The van der Waals surface area contributed by atoms with Crippen LogP contribution in [0.3, 0.4) is 0 Å². The van der Waals surface area contributed by atoms with Crippen molar-refractivity contribution in [1.29, 1.82) is 0 Å². The van der Waals surface area contributed by atoms with Crippen LogP contribution < -0.4 is 5.32 Å². The summed E-state index contributed by atoms with van der Waals surface area (Å²) in [6.45, 7) is 0.814. The molecule has 0 aliphatic heterocycles. The Labute approximate surface area is 115 Å². The molecule has 0 saturated carbocycles. The molecule has 0 saturated heterocycles. The number of nitrogens with one attached hydrogen (secondary N) is 1. The summed E-state index contributed by atoms with van der Waals surface area (Å²) >= 11 is 0. The highest BCUT2D eigenvalue weighted by molar-refractivity contribution is 5.45. The van der Waals surface area contributed by atoms with Crippen molar-refractivity contribution in [2.45, 2.75) is 13.2 Å². The third kappa shape index (κ3) is 3.30. The van der Waals surface area contributed by atoms with Crippen molar-refractivity contribution in [3.8, 4) is 0 Å². The van der Waals surface area contributed by atoms with Crippen molar-refractivity contribution >= 4 is 5.69 Å². The first-order valence-electron chi connectivity index (χ1n) is 6.06. The van der Waals surface area contributed by atoms with Gasteiger partial charge in [0.05, 0.1) is 6.61 Å². The maximum absolute atomic E-state index is 13.1. The third-order valence-electron chi connectivity index (χ3n) is 2.89. The van der Waals surface area contributed by atoms with Gasteiger partial charge >= 0.3 is 0 Å². The molecule has 2 aromatic carbocycles. The van der Waals surface area contributed by atoms with Crippen molar-refractivity contribution in [2.75, 3.05) is 12.4 Å². The van der Waals surface area contributed by atoms with Gasteiger partial charge in [-0.3, -0.25) is 0 Å². The minimum absolute atomic E-state index is 0.189. The Balaban J connectivity index is 2.13. The summed E-state index contributed by atoms with van der Waals surface area (Å²) in [4.78, 5) is 0. The largest absolute Gasteiger partial charge is 0.381 e. The van der Waals surface area contributed by atoms with Gasteiger partial charge in [-0.2, -0.15) is 0 Å². The highest BCUT2D eigenvalue weighted by atomic mass is 19.2. The summed E-state index contributed by atoms with van der Waals surface area (Å²) in [6, 6.07) is 9.40. The Morgan fingerprint density at radius 1 is 1.00 bits per heavy atom. The monoisotopic (exact) mass is 281 g/mol. The van der Waals surface area contributed by atoms with Gasteiger partial charge in [0.2, 0.25) is 0 Å². The molecule has 0 bridgehead atoms. The molecule has 0 aliphatic carbocycles. The average Bonchev–Trinajstić information content (AvgIpc) is 2.44. The molecule has 2 aromatic rings. The molecule has 2 rings (SSSR count). The standard InChI is InChI=1S/C15H14F3NO/c1-20-9-11-5-3-2-4-10(11)8-19-12-6-13(16)15(18)14(17)7-12/h2-7,19H,8-9H2,1H3. The lowest BCUT2D eigenvalue weighted by Crippen LogP contribution is -2.05. The van der Waals surface area contributed by atoms with Crippen LogP contribution in [0.1, 0.15) is 11.1 Å². The molecule has 0 heterocycles.